The molecule has 140 valence electrons. The zero-order valence-corrected chi connectivity index (χ0v) is 16.8. The van der Waals surface area contributed by atoms with Gasteiger partial charge in [-0.3, -0.25) is 4.79 Å². The third-order valence-electron chi connectivity index (χ3n) is 4.15. The molecule has 0 aliphatic rings. The molecule has 3 rings (SSSR count). The molecule has 0 spiro atoms. The van der Waals surface area contributed by atoms with Crippen molar-refractivity contribution < 1.29 is 13.2 Å². The lowest BCUT2D eigenvalue weighted by Gasteiger charge is -2.16. The average molecular weight is 401 g/mol. The fraction of sp³-hybridized carbons (Fsp3) is 0.200. The Hall–Kier alpha value is -2.35. The number of Topliss-reactive ketones (excluding diaryl/α,β-unsaturated/α-hetero) is 1. The van der Waals surface area contributed by atoms with Crippen LogP contribution in [0.1, 0.15) is 33.5 Å². The molecule has 0 saturated carbocycles. The number of benzene rings is 2. The minimum absolute atomic E-state index is 0.0966. The summed E-state index contributed by atoms with van der Waals surface area (Å²) < 4.78 is 26.7. The number of aromatic nitrogens is 1. The summed E-state index contributed by atoms with van der Waals surface area (Å²) in [6.45, 7) is 1.65. The van der Waals surface area contributed by atoms with E-state index in [4.69, 9.17) is 0 Å². The van der Waals surface area contributed by atoms with E-state index in [-0.39, 0.29) is 17.2 Å². The molecule has 2 aromatic carbocycles. The summed E-state index contributed by atoms with van der Waals surface area (Å²) in [5.74, 6) is -0.0966. The van der Waals surface area contributed by atoms with E-state index in [0.717, 1.165) is 17.1 Å². The van der Waals surface area contributed by atoms with E-state index >= 15 is 0 Å². The van der Waals surface area contributed by atoms with Crippen LogP contribution in [-0.4, -0.2) is 30.5 Å². The van der Waals surface area contributed by atoms with Gasteiger partial charge in [-0.05, 0) is 24.6 Å². The Morgan fingerprint density at radius 1 is 1.07 bits per heavy atom. The maximum Gasteiger partial charge on any atom is 0.243 e. The average Bonchev–Trinajstić information content (AvgIpc) is 3.09. The normalized spacial score (nSPS) is 11.7. The van der Waals surface area contributed by atoms with Crippen molar-refractivity contribution in [2.24, 2.45) is 0 Å². The van der Waals surface area contributed by atoms with Gasteiger partial charge in [0.1, 0.15) is 0 Å². The van der Waals surface area contributed by atoms with Gasteiger partial charge in [-0.2, -0.15) is 4.31 Å². The van der Waals surface area contributed by atoms with Crippen LogP contribution in [0.3, 0.4) is 0 Å². The number of nitrogens with zero attached hydrogens (tertiary/aromatic N) is 2. The minimum atomic E-state index is -3.64. The second kappa shape index (κ2) is 8.12. The van der Waals surface area contributed by atoms with Gasteiger partial charge in [0, 0.05) is 24.4 Å². The monoisotopic (exact) mass is 400 g/mol. The molecule has 0 radical (unpaired) electrons. The van der Waals surface area contributed by atoms with Crippen molar-refractivity contribution in [3.8, 4) is 0 Å². The van der Waals surface area contributed by atoms with E-state index in [1.807, 2.05) is 35.7 Å². The van der Waals surface area contributed by atoms with Crippen molar-refractivity contribution in [2.75, 3.05) is 7.05 Å². The quantitative estimate of drug-likeness (QED) is 0.567. The fourth-order valence-corrected chi connectivity index (χ4v) is 4.59. The third-order valence-corrected chi connectivity index (χ3v) is 6.87. The van der Waals surface area contributed by atoms with Crippen LogP contribution in [0.2, 0.25) is 0 Å². The summed E-state index contributed by atoms with van der Waals surface area (Å²) in [7, 11) is -2.11. The molecule has 7 heteroatoms. The molecule has 0 amide bonds. The summed E-state index contributed by atoms with van der Waals surface area (Å²) in [5, 5.41) is 2.84. The number of rotatable bonds is 7. The van der Waals surface area contributed by atoms with Crippen LogP contribution in [0.4, 0.5) is 0 Å². The highest BCUT2D eigenvalue weighted by Gasteiger charge is 2.22. The van der Waals surface area contributed by atoms with Crippen LogP contribution in [0.5, 0.6) is 0 Å². The van der Waals surface area contributed by atoms with E-state index < -0.39 is 10.0 Å². The lowest BCUT2D eigenvalue weighted by Crippen LogP contribution is -2.26. The van der Waals surface area contributed by atoms with Crippen LogP contribution in [0.25, 0.3) is 0 Å². The standard InChI is InChI=1S/C20H20N2O3S2/c1-15(23)17-8-10-19(11-9-17)27(24,25)22(2)13-18-14-26-20(21-18)12-16-6-4-3-5-7-16/h3-11,14H,12-13H2,1-2H3. The minimum Gasteiger partial charge on any atom is -0.295 e. The van der Waals surface area contributed by atoms with Crippen molar-refractivity contribution >= 4 is 27.1 Å². The Kier molecular flexibility index (Phi) is 5.84. The molecule has 5 nitrogen and oxygen atoms in total. The Labute approximate surface area is 163 Å². The highest BCUT2D eigenvalue weighted by Crippen LogP contribution is 2.20. The summed E-state index contributed by atoms with van der Waals surface area (Å²) in [5.41, 5.74) is 2.38. The first-order valence-corrected chi connectivity index (χ1v) is 10.7. The van der Waals surface area contributed by atoms with Crippen LogP contribution < -0.4 is 0 Å². The summed E-state index contributed by atoms with van der Waals surface area (Å²) in [4.78, 5) is 16.1. The van der Waals surface area contributed by atoms with Crippen LogP contribution in [-0.2, 0) is 23.0 Å². The van der Waals surface area contributed by atoms with Crippen LogP contribution in [0.15, 0.2) is 64.9 Å². The topological polar surface area (TPSA) is 67.3 Å². The summed E-state index contributed by atoms with van der Waals surface area (Å²) >= 11 is 1.53. The maximum absolute atomic E-state index is 12.7. The molecule has 1 aromatic heterocycles. The van der Waals surface area contributed by atoms with Crippen molar-refractivity contribution in [1.29, 1.82) is 0 Å². The lowest BCUT2D eigenvalue weighted by molar-refractivity contribution is 0.101. The Balaban J connectivity index is 1.70. The highest BCUT2D eigenvalue weighted by atomic mass is 32.2. The number of hydrogen-bond acceptors (Lipinski definition) is 5. The predicted octanol–water partition coefficient (Wildman–Crippen LogP) is 3.76. The smallest absolute Gasteiger partial charge is 0.243 e. The Morgan fingerprint density at radius 3 is 2.37 bits per heavy atom. The lowest BCUT2D eigenvalue weighted by atomic mass is 10.2. The summed E-state index contributed by atoms with van der Waals surface area (Å²) in [6.07, 6.45) is 0.731. The molecule has 0 aliphatic heterocycles. The summed E-state index contributed by atoms with van der Waals surface area (Å²) in [6, 6.07) is 16.0. The molecule has 0 bridgehead atoms. The number of thiazole rings is 1. The first kappa shape index (κ1) is 19.4. The molecule has 27 heavy (non-hydrogen) atoms. The Bertz CT molecular complexity index is 1030. The largest absolute Gasteiger partial charge is 0.295 e. The van der Waals surface area contributed by atoms with Crippen molar-refractivity contribution in [3.63, 3.8) is 0 Å². The van der Waals surface area contributed by atoms with Gasteiger partial charge in [-0.15, -0.1) is 11.3 Å². The molecule has 0 atom stereocenters. The maximum atomic E-state index is 12.7. The predicted molar refractivity (Wildman–Crippen MR) is 106 cm³/mol. The molecule has 0 fully saturated rings. The number of carbonyl (C=O) groups excluding carboxylic acids is 1. The van der Waals surface area contributed by atoms with Crippen LogP contribution >= 0.6 is 11.3 Å². The molecular weight excluding hydrogens is 380 g/mol. The highest BCUT2D eigenvalue weighted by molar-refractivity contribution is 7.89. The van der Waals surface area contributed by atoms with Crippen molar-refractivity contribution in [3.05, 3.63) is 81.8 Å². The number of sulfonamides is 1. The van der Waals surface area contributed by atoms with E-state index in [2.05, 4.69) is 4.98 Å². The molecule has 0 saturated heterocycles. The van der Waals surface area contributed by atoms with Crippen LogP contribution in [0, 0.1) is 0 Å². The number of ketones is 1. The third kappa shape index (κ3) is 4.68. The van der Waals surface area contributed by atoms with Crippen molar-refractivity contribution in [2.45, 2.75) is 24.8 Å². The molecule has 0 aliphatic carbocycles. The van der Waals surface area contributed by atoms with Gasteiger partial charge in [0.05, 0.1) is 22.1 Å². The van der Waals surface area contributed by atoms with Crippen molar-refractivity contribution in [1.82, 2.24) is 9.29 Å². The molecular formula is C20H20N2O3S2. The zero-order chi connectivity index (χ0) is 19.4. The van der Waals surface area contributed by atoms with E-state index in [1.54, 1.807) is 0 Å². The van der Waals surface area contributed by atoms with Gasteiger partial charge < -0.3 is 0 Å². The molecule has 3 aromatic rings. The SMILES string of the molecule is CC(=O)c1ccc(S(=O)(=O)N(C)Cc2csc(Cc3ccccc3)n2)cc1. The number of hydrogen-bond donors (Lipinski definition) is 0. The number of carbonyl (C=O) groups is 1. The van der Waals surface area contributed by atoms with Gasteiger partial charge >= 0.3 is 0 Å². The first-order valence-electron chi connectivity index (χ1n) is 8.41. The van der Waals surface area contributed by atoms with Gasteiger partial charge in [-0.1, -0.05) is 42.5 Å². The van der Waals surface area contributed by atoms with Gasteiger partial charge in [0.15, 0.2) is 5.78 Å². The van der Waals surface area contributed by atoms with Gasteiger partial charge in [0.25, 0.3) is 0 Å². The fourth-order valence-electron chi connectivity index (χ4n) is 2.63. The van der Waals surface area contributed by atoms with Gasteiger partial charge in [-0.25, -0.2) is 13.4 Å². The second-order valence-corrected chi connectivity index (χ2v) is 9.22. The van der Waals surface area contributed by atoms with E-state index in [1.165, 1.54) is 59.4 Å². The van der Waals surface area contributed by atoms with E-state index in [0.29, 0.717) is 5.56 Å². The Morgan fingerprint density at radius 2 is 1.74 bits per heavy atom. The molecule has 0 N–H and O–H groups in total. The second-order valence-electron chi connectivity index (χ2n) is 6.24. The first-order chi connectivity index (χ1) is 12.9. The molecule has 1 heterocycles. The zero-order valence-electron chi connectivity index (χ0n) is 15.1. The van der Waals surface area contributed by atoms with Gasteiger partial charge in [0.2, 0.25) is 10.0 Å². The molecule has 0 unspecified atom stereocenters. The van der Waals surface area contributed by atoms with E-state index in [9.17, 15) is 13.2 Å².